The molecule has 0 spiro atoms. The van der Waals surface area contributed by atoms with Gasteiger partial charge in [0.2, 0.25) is 5.16 Å². The first kappa shape index (κ1) is 12.8. The molecule has 0 bridgehead atoms. The van der Waals surface area contributed by atoms with Crippen LogP contribution >= 0.6 is 27.7 Å². The van der Waals surface area contributed by atoms with Crippen LogP contribution in [0.4, 0.5) is 13.2 Å². The number of nitrogens with one attached hydrogen (secondary N) is 1. The number of hydrogen-bond acceptors (Lipinski definition) is 4. The fraction of sp³-hybridized carbons (Fsp3) is 0.200. The van der Waals surface area contributed by atoms with Gasteiger partial charge in [0, 0.05) is 4.47 Å². The zero-order valence-electron chi connectivity index (χ0n) is 9.15. The molecule has 0 amide bonds. The topological polar surface area (TPSA) is 42.7 Å². The van der Waals surface area contributed by atoms with Crippen LogP contribution in [0.5, 0.6) is 0 Å². The van der Waals surface area contributed by atoms with Crippen molar-refractivity contribution in [1.29, 1.82) is 0 Å². The summed E-state index contributed by atoms with van der Waals surface area (Å²) in [6.45, 7) is 0. The molecule has 1 atom stereocenters. The maximum Gasteiger partial charge on any atom is 0.453 e. The first-order valence-electron chi connectivity index (χ1n) is 5.16. The molecule has 1 aliphatic heterocycles. The molecule has 2 heterocycles. The van der Waals surface area contributed by atoms with Crippen molar-refractivity contribution in [3.8, 4) is 0 Å². The van der Waals surface area contributed by atoms with E-state index in [4.69, 9.17) is 0 Å². The van der Waals surface area contributed by atoms with E-state index < -0.39 is 12.0 Å². The van der Waals surface area contributed by atoms with Gasteiger partial charge in [-0.15, -0.1) is 10.2 Å². The van der Waals surface area contributed by atoms with Gasteiger partial charge in [-0.05, 0) is 17.7 Å². The fourth-order valence-electron chi connectivity index (χ4n) is 1.68. The lowest BCUT2D eigenvalue weighted by atomic mass is 10.2. The van der Waals surface area contributed by atoms with Crippen molar-refractivity contribution >= 4 is 27.7 Å². The number of aromatic nitrogens is 3. The van der Waals surface area contributed by atoms with Gasteiger partial charge in [-0.1, -0.05) is 39.8 Å². The van der Waals surface area contributed by atoms with E-state index in [1.807, 2.05) is 24.3 Å². The molecular weight excluding hydrogens is 345 g/mol. The molecule has 3 rings (SSSR count). The number of alkyl halides is 3. The first-order valence-corrected chi connectivity index (χ1v) is 6.84. The number of benzene rings is 1. The van der Waals surface area contributed by atoms with E-state index in [0.717, 1.165) is 14.7 Å². The SMILES string of the molecule is FC(F)(F)c1nnc2n1NC(c1ccc(Br)cc1)S2. The predicted molar refractivity (Wildman–Crippen MR) is 67.1 cm³/mol. The number of hydrogen-bond donors (Lipinski definition) is 1. The molecule has 1 unspecified atom stereocenters. The van der Waals surface area contributed by atoms with Gasteiger partial charge in [0.05, 0.1) is 0 Å². The Bertz CT molecular complexity index is 610. The lowest BCUT2D eigenvalue weighted by Crippen LogP contribution is -2.21. The zero-order valence-corrected chi connectivity index (χ0v) is 11.6. The smallest absolute Gasteiger partial charge is 0.304 e. The molecule has 0 saturated carbocycles. The molecule has 1 aliphatic rings. The summed E-state index contributed by atoms with van der Waals surface area (Å²) in [7, 11) is 0. The number of fused-ring (bicyclic) bond motifs is 1. The van der Waals surface area contributed by atoms with Crippen LogP contribution < -0.4 is 5.43 Å². The average Bonchev–Trinajstić information content (AvgIpc) is 2.87. The molecule has 0 fully saturated rings. The molecule has 0 saturated heterocycles. The van der Waals surface area contributed by atoms with Crippen LogP contribution in [0.15, 0.2) is 33.9 Å². The summed E-state index contributed by atoms with van der Waals surface area (Å²) in [4.78, 5) is 0. The van der Waals surface area contributed by atoms with Gasteiger partial charge >= 0.3 is 6.18 Å². The van der Waals surface area contributed by atoms with Crippen molar-refractivity contribution < 1.29 is 13.2 Å². The Kier molecular flexibility index (Phi) is 2.97. The Morgan fingerprint density at radius 1 is 1.21 bits per heavy atom. The summed E-state index contributed by atoms with van der Waals surface area (Å²) in [5.74, 6) is -1.03. The van der Waals surface area contributed by atoms with Gasteiger partial charge in [-0.3, -0.25) is 0 Å². The predicted octanol–water partition coefficient (Wildman–Crippen LogP) is 3.41. The largest absolute Gasteiger partial charge is 0.453 e. The lowest BCUT2D eigenvalue weighted by Gasteiger charge is -2.13. The maximum atomic E-state index is 12.7. The quantitative estimate of drug-likeness (QED) is 0.855. The van der Waals surface area contributed by atoms with Gasteiger partial charge in [0.1, 0.15) is 5.37 Å². The monoisotopic (exact) mass is 350 g/mol. The van der Waals surface area contributed by atoms with E-state index in [2.05, 4.69) is 31.6 Å². The van der Waals surface area contributed by atoms with Gasteiger partial charge < -0.3 is 5.43 Å². The maximum absolute atomic E-state index is 12.7. The molecule has 100 valence electrons. The number of nitrogens with zero attached hydrogens (tertiary/aromatic N) is 3. The van der Waals surface area contributed by atoms with E-state index in [1.165, 1.54) is 11.8 Å². The van der Waals surface area contributed by atoms with Gasteiger partial charge in [-0.2, -0.15) is 13.2 Å². The van der Waals surface area contributed by atoms with Crippen molar-refractivity contribution in [1.82, 2.24) is 14.9 Å². The molecule has 1 aromatic heterocycles. The van der Waals surface area contributed by atoms with Crippen molar-refractivity contribution in [2.75, 3.05) is 5.43 Å². The van der Waals surface area contributed by atoms with Gasteiger partial charge in [0.25, 0.3) is 5.82 Å². The lowest BCUT2D eigenvalue weighted by molar-refractivity contribution is -0.147. The summed E-state index contributed by atoms with van der Waals surface area (Å²) in [6, 6.07) is 7.34. The zero-order chi connectivity index (χ0) is 13.6. The minimum atomic E-state index is -4.52. The Morgan fingerprint density at radius 2 is 1.89 bits per heavy atom. The molecule has 9 heteroatoms. The van der Waals surface area contributed by atoms with E-state index in [-0.39, 0.29) is 10.5 Å². The first-order chi connectivity index (χ1) is 8.95. The van der Waals surface area contributed by atoms with E-state index in [1.54, 1.807) is 0 Å². The second-order valence-electron chi connectivity index (χ2n) is 3.82. The third-order valence-electron chi connectivity index (χ3n) is 2.53. The minimum absolute atomic E-state index is 0.209. The number of halogens is 4. The Labute approximate surface area is 118 Å². The molecule has 1 aromatic carbocycles. The van der Waals surface area contributed by atoms with Gasteiger partial charge in [0.15, 0.2) is 0 Å². The third-order valence-corrected chi connectivity index (χ3v) is 4.15. The summed E-state index contributed by atoms with van der Waals surface area (Å²) in [6.07, 6.45) is -4.52. The van der Waals surface area contributed by atoms with E-state index in [9.17, 15) is 13.2 Å². The van der Waals surface area contributed by atoms with Crippen molar-refractivity contribution in [2.24, 2.45) is 0 Å². The minimum Gasteiger partial charge on any atom is -0.304 e. The average molecular weight is 351 g/mol. The molecule has 0 aliphatic carbocycles. The fourth-order valence-corrected chi connectivity index (χ4v) is 2.93. The second kappa shape index (κ2) is 4.41. The highest BCUT2D eigenvalue weighted by atomic mass is 79.9. The standard InChI is InChI=1S/C10H6BrF3N4S/c11-6-3-1-5(2-4-6)7-17-18-8(10(12,13)14)15-16-9(18)19-7/h1-4,7,17H. The summed E-state index contributed by atoms with van der Waals surface area (Å²) in [5, 5.41) is 6.59. The summed E-state index contributed by atoms with van der Waals surface area (Å²) in [5.41, 5.74) is 3.61. The van der Waals surface area contributed by atoms with Crippen molar-refractivity contribution in [3.05, 3.63) is 40.1 Å². The van der Waals surface area contributed by atoms with Crippen LogP contribution in [-0.4, -0.2) is 14.9 Å². The molecule has 2 aromatic rings. The third kappa shape index (κ3) is 2.32. The normalized spacial score (nSPS) is 18.2. The molecule has 1 N–H and O–H groups in total. The van der Waals surface area contributed by atoms with Crippen LogP contribution in [-0.2, 0) is 6.18 Å². The number of thioether (sulfide) groups is 1. The Morgan fingerprint density at radius 3 is 2.53 bits per heavy atom. The molecular formula is C10H6BrF3N4S. The Balaban J connectivity index is 1.89. The van der Waals surface area contributed by atoms with Crippen LogP contribution in [0.3, 0.4) is 0 Å². The van der Waals surface area contributed by atoms with E-state index in [0.29, 0.717) is 0 Å². The van der Waals surface area contributed by atoms with Crippen LogP contribution in [0.1, 0.15) is 16.8 Å². The van der Waals surface area contributed by atoms with Crippen LogP contribution in [0.25, 0.3) is 0 Å². The molecule has 0 radical (unpaired) electrons. The highest BCUT2D eigenvalue weighted by molar-refractivity contribution is 9.10. The van der Waals surface area contributed by atoms with Gasteiger partial charge in [-0.25, -0.2) is 4.68 Å². The van der Waals surface area contributed by atoms with E-state index >= 15 is 0 Å². The second-order valence-corrected chi connectivity index (χ2v) is 5.81. The van der Waals surface area contributed by atoms with Crippen molar-refractivity contribution in [2.45, 2.75) is 16.7 Å². The highest BCUT2D eigenvalue weighted by Gasteiger charge is 2.41. The van der Waals surface area contributed by atoms with Crippen LogP contribution in [0.2, 0.25) is 0 Å². The molecule has 4 nitrogen and oxygen atoms in total. The highest BCUT2D eigenvalue weighted by Crippen LogP contribution is 2.41. The van der Waals surface area contributed by atoms with Crippen LogP contribution in [0, 0.1) is 0 Å². The number of rotatable bonds is 1. The summed E-state index contributed by atoms with van der Waals surface area (Å²) < 4.78 is 39.8. The Hall–Kier alpha value is -1.22. The van der Waals surface area contributed by atoms with Crippen molar-refractivity contribution in [3.63, 3.8) is 0 Å². The molecule has 19 heavy (non-hydrogen) atoms. The summed E-state index contributed by atoms with van der Waals surface area (Å²) >= 11 is 4.50.